The molecule has 0 saturated heterocycles. The predicted molar refractivity (Wildman–Crippen MR) is 234 cm³/mol. The lowest BCUT2D eigenvalue weighted by Gasteiger charge is -2.32. The molecule has 0 fully saturated rings. The van der Waals surface area contributed by atoms with E-state index in [1.165, 1.54) is 0 Å². The Kier molecular flexibility index (Phi) is 7.64. The van der Waals surface area contributed by atoms with Crippen LogP contribution >= 0.6 is 0 Å². The molecule has 0 aliphatic rings. The number of nitrogens with zero attached hydrogens (tertiary/aromatic N) is 12. The Hall–Kier alpha value is -7.43. The van der Waals surface area contributed by atoms with Gasteiger partial charge in [-0.25, -0.2) is 29.9 Å². The molecule has 12 nitrogen and oxygen atoms in total. The standard InChI is InChI=1S/2C22H18N6Si/c2*1-29(26-14-8-17-5-2-11-23-20(17)26,27-15-9-18-6-3-12-24-21(18)27)28-16-10-19-7-4-13-25-22(19)28/h2*2-16H,1H3. The van der Waals surface area contributed by atoms with Crippen LogP contribution < -0.4 is 0 Å². The molecule has 14 heteroatoms. The highest BCUT2D eigenvalue weighted by molar-refractivity contribution is 6.76. The van der Waals surface area contributed by atoms with Gasteiger partial charge < -0.3 is 25.4 Å². The van der Waals surface area contributed by atoms with Crippen molar-refractivity contribution in [1.82, 2.24) is 55.3 Å². The number of rotatable bonds is 6. The fourth-order valence-corrected chi connectivity index (χ4v) is 15.6. The van der Waals surface area contributed by atoms with E-state index >= 15 is 0 Å². The van der Waals surface area contributed by atoms with Crippen LogP contribution in [-0.4, -0.2) is 72.4 Å². The van der Waals surface area contributed by atoms with E-state index in [0.29, 0.717) is 0 Å². The van der Waals surface area contributed by atoms with E-state index < -0.39 is 17.1 Å². The summed E-state index contributed by atoms with van der Waals surface area (Å²) in [4.78, 5) is 28.3. The maximum atomic E-state index is 4.72. The van der Waals surface area contributed by atoms with Gasteiger partial charge in [0.2, 0.25) is 0 Å². The van der Waals surface area contributed by atoms with Gasteiger partial charge in [0.05, 0.1) is 0 Å². The Balaban J connectivity index is 0.000000133. The highest BCUT2D eigenvalue weighted by Gasteiger charge is 2.41. The van der Waals surface area contributed by atoms with E-state index in [1.807, 2.05) is 73.6 Å². The van der Waals surface area contributed by atoms with Crippen LogP contribution in [0.1, 0.15) is 0 Å². The number of pyridine rings is 6. The van der Waals surface area contributed by atoms with Crippen LogP contribution in [0.25, 0.3) is 66.2 Å². The van der Waals surface area contributed by atoms with Crippen LogP contribution in [0.2, 0.25) is 13.1 Å². The van der Waals surface area contributed by atoms with E-state index in [4.69, 9.17) is 29.9 Å². The summed E-state index contributed by atoms with van der Waals surface area (Å²) in [5.41, 5.74) is 5.82. The second-order valence-corrected chi connectivity index (χ2v) is 21.3. The third-order valence-corrected chi connectivity index (χ3v) is 19.1. The average molecular weight is 789 g/mol. The fourth-order valence-electron chi connectivity index (χ4n) is 8.54. The normalized spacial score (nSPS) is 12.3. The molecular formula is C44H36N12Si2. The van der Waals surface area contributed by atoms with Gasteiger partial charge in [-0.15, -0.1) is 0 Å². The Morgan fingerprint density at radius 3 is 0.621 bits per heavy atom. The van der Waals surface area contributed by atoms with E-state index in [2.05, 4.69) is 148 Å². The van der Waals surface area contributed by atoms with Gasteiger partial charge in [0.1, 0.15) is 33.9 Å². The minimum Gasteiger partial charge on any atom is -0.324 e. The monoisotopic (exact) mass is 788 g/mol. The molecule has 0 bridgehead atoms. The first-order valence-electron chi connectivity index (χ1n) is 19.1. The van der Waals surface area contributed by atoms with Crippen molar-refractivity contribution in [3.63, 3.8) is 0 Å². The number of aromatic nitrogens is 12. The third-order valence-electron chi connectivity index (χ3n) is 11.4. The second-order valence-electron chi connectivity index (χ2n) is 14.6. The Bertz CT molecular complexity index is 2850. The lowest BCUT2D eigenvalue weighted by molar-refractivity contribution is 0.932. The molecule has 12 aromatic rings. The van der Waals surface area contributed by atoms with Crippen LogP contribution in [0.3, 0.4) is 0 Å². The summed E-state index contributed by atoms with van der Waals surface area (Å²) in [5, 5.41) is 6.75. The van der Waals surface area contributed by atoms with Gasteiger partial charge in [0.25, 0.3) is 0 Å². The van der Waals surface area contributed by atoms with Gasteiger partial charge in [-0.3, -0.25) is 0 Å². The molecular weight excluding hydrogens is 753 g/mol. The van der Waals surface area contributed by atoms with E-state index in [-0.39, 0.29) is 0 Å². The van der Waals surface area contributed by atoms with Crippen LogP contribution in [0.5, 0.6) is 0 Å². The molecule has 0 spiro atoms. The zero-order valence-electron chi connectivity index (χ0n) is 31.7. The smallest absolute Gasteiger partial charge is 0.324 e. The first kappa shape index (κ1) is 33.9. The van der Waals surface area contributed by atoms with Gasteiger partial charge in [-0.1, -0.05) is 0 Å². The topological polar surface area (TPSA) is 107 Å². The van der Waals surface area contributed by atoms with Gasteiger partial charge in [-0.2, -0.15) is 0 Å². The maximum Gasteiger partial charge on any atom is 0.392 e. The summed E-state index contributed by atoms with van der Waals surface area (Å²) in [6.45, 7) is 4.62. The minimum atomic E-state index is -2.65. The van der Waals surface area contributed by atoms with Crippen molar-refractivity contribution < 1.29 is 0 Å². The molecule has 0 radical (unpaired) electrons. The number of hydrogen-bond donors (Lipinski definition) is 0. The first-order chi connectivity index (χ1) is 28.5. The van der Waals surface area contributed by atoms with Gasteiger partial charge in [0.15, 0.2) is 0 Å². The van der Waals surface area contributed by atoms with Gasteiger partial charge >= 0.3 is 17.1 Å². The van der Waals surface area contributed by atoms with Crippen LogP contribution in [-0.2, 0) is 0 Å². The van der Waals surface area contributed by atoms with Crippen molar-refractivity contribution in [3.05, 3.63) is 184 Å². The van der Waals surface area contributed by atoms with Crippen LogP contribution in [0.4, 0.5) is 0 Å². The maximum absolute atomic E-state index is 4.72. The van der Waals surface area contributed by atoms with Gasteiger partial charge in [0, 0.05) is 107 Å². The Morgan fingerprint density at radius 1 is 0.276 bits per heavy atom. The van der Waals surface area contributed by atoms with E-state index in [1.54, 1.807) is 0 Å². The Labute approximate surface area is 334 Å². The lowest BCUT2D eigenvalue weighted by Crippen LogP contribution is -2.54. The number of hydrogen-bond acceptors (Lipinski definition) is 6. The SMILES string of the molecule is C[Si](n1ccc2cccnc21)(n1ccc2cccnc21)n1ccc2cccnc21.C[Si](n1ccc2cccnc21)(n1ccc2cccnc21)n1ccc2cccnc21. The van der Waals surface area contributed by atoms with Crippen molar-refractivity contribution in [2.24, 2.45) is 0 Å². The molecule has 280 valence electrons. The van der Waals surface area contributed by atoms with Crippen LogP contribution in [0, 0.1) is 0 Å². The molecule has 12 rings (SSSR count). The summed E-state index contributed by atoms with van der Waals surface area (Å²) in [5.74, 6) is 0. The third kappa shape index (κ3) is 4.98. The lowest BCUT2D eigenvalue weighted by atomic mass is 10.3. The highest BCUT2D eigenvalue weighted by Crippen LogP contribution is 2.30. The van der Waals surface area contributed by atoms with E-state index in [9.17, 15) is 0 Å². The molecule has 0 aromatic carbocycles. The predicted octanol–water partition coefficient (Wildman–Crippen LogP) is 8.50. The van der Waals surface area contributed by atoms with Crippen LogP contribution in [0.15, 0.2) is 184 Å². The minimum absolute atomic E-state index is 0.970. The summed E-state index contributed by atoms with van der Waals surface area (Å²) < 4.78 is 13.9. The summed E-state index contributed by atoms with van der Waals surface area (Å²) >= 11 is 0. The van der Waals surface area contributed by atoms with E-state index in [0.717, 1.165) is 66.2 Å². The largest absolute Gasteiger partial charge is 0.392 e. The molecule has 12 aromatic heterocycles. The molecule has 0 N–H and O–H groups in total. The summed E-state index contributed by atoms with van der Waals surface area (Å²) in [6, 6.07) is 37.3. The second kappa shape index (κ2) is 13.1. The highest BCUT2D eigenvalue weighted by atomic mass is 28.4. The van der Waals surface area contributed by atoms with Crippen molar-refractivity contribution in [2.75, 3.05) is 0 Å². The average Bonchev–Trinajstić information content (AvgIpc) is 4.14. The van der Waals surface area contributed by atoms with Crippen molar-refractivity contribution >= 4 is 83.3 Å². The quantitative estimate of drug-likeness (QED) is 0.157. The molecule has 58 heavy (non-hydrogen) atoms. The van der Waals surface area contributed by atoms with Crippen molar-refractivity contribution in [3.8, 4) is 0 Å². The zero-order valence-corrected chi connectivity index (χ0v) is 33.7. The van der Waals surface area contributed by atoms with Gasteiger partial charge in [-0.05, 0) is 122 Å². The van der Waals surface area contributed by atoms with Crippen molar-refractivity contribution in [1.29, 1.82) is 0 Å². The molecule has 0 aliphatic heterocycles. The Morgan fingerprint density at radius 2 is 0.448 bits per heavy atom. The number of fused-ring (bicyclic) bond motifs is 6. The summed E-state index contributed by atoms with van der Waals surface area (Å²) in [6.07, 6.45) is 24.0. The molecule has 0 atom stereocenters. The molecule has 12 heterocycles. The summed E-state index contributed by atoms with van der Waals surface area (Å²) in [7, 11) is -5.30. The molecule has 0 unspecified atom stereocenters. The zero-order chi connectivity index (χ0) is 38.8. The molecule has 0 aliphatic carbocycles. The molecule has 0 saturated carbocycles. The van der Waals surface area contributed by atoms with Crippen molar-refractivity contribution in [2.45, 2.75) is 13.1 Å². The first-order valence-corrected chi connectivity index (χ1v) is 23.8. The fraction of sp³-hybridized carbons (Fsp3) is 0.0455. The molecule has 0 amide bonds.